The molecule has 15 heavy (non-hydrogen) atoms. The second-order valence-electron chi connectivity index (χ2n) is 2.85. The Morgan fingerprint density at radius 2 is 1.87 bits per heavy atom. The molecule has 1 aromatic rings. The number of rotatable bonds is 2. The predicted molar refractivity (Wildman–Crippen MR) is 56.5 cm³/mol. The van der Waals surface area contributed by atoms with Crippen molar-refractivity contribution >= 4 is 39.0 Å². The van der Waals surface area contributed by atoms with Gasteiger partial charge in [0.15, 0.2) is 9.84 Å². The van der Waals surface area contributed by atoms with Gasteiger partial charge in [-0.2, -0.15) is 0 Å². The van der Waals surface area contributed by atoms with E-state index in [9.17, 15) is 13.2 Å². The van der Waals surface area contributed by atoms with Gasteiger partial charge < -0.3 is 5.11 Å². The molecule has 0 fully saturated rings. The highest BCUT2D eigenvalue weighted by Crippen LogP contribution is 2.30. The zero-order valence-corrected chi connectivity index (χ0v) is 9.82. The van der Waals surface area contributed by atoms with Crippen LogP contribution in [-0.2, 0) is 9.84 Å². The van der Waals surface area contributed by atoms with Crippen LogP contribution in [-0.4, -0.2) is 25.7 Å². The lowest BCUT2D eigenvalue weighted by atomic mass is 10.2. The van der Waals surface area contributed by atoms with Gasteiger partial charge in [0.2, 0.25) is 0 Å². The molecular weight excluding hydrogens is 263 g/mol. The van der Waals surface area contributed by atoms with Gasteiger partial charge in [0, 0.05) is 6.26 Å². The molecule has 1 aromatic carbocycles. The summed E-state index contributed by atoms with van der Waals surface area (Å²) in [6, 6.07) is 2.08. The number of carboxylic acids is 1. The van der Waals surface area contributed by atoms with E-state index in [0.29, 0.717) is 0 Å². The largest absolute Gasteiger partial charge is 0.478 e. The van der Waals surface area contributed by atoms with E-state index in [4.69, 9.17) is 28.3 Å². The van der Waals surface area contributed by atoms with Gasteiger partial charge in [0.05, 0.1) is 20.5 Å². The summed E-state index contributed by atoms with van der Waals surface area (Å²) in [7, 11) is -3.59. The van der Waals surface area contributed by atoms with Crippen LogP contribution in [0, 0.1) is 0 Å². The molecule has 4 nitrogen and oxygen atoms in total. The van der Waals surface area contributed by atoms with Crippen molar-refractivity contribution in [3.63, 3.8) is 0 Å². The summed E-state index contributed by atoms with van der Waals surface area (Å²) in [5, 5.41) is 8.43. The summed E-state index contributed by atoms with van der Waals surface area (Å²) in [5.41, 5.74) is -0.218. The van der Waals surface area contributed by atoms with Gasteiger partial charge in [-0.3, -0.25) is 0 Å². The van der Waals surface area contributed by atoms with Crippen molar-refractivity contribution in [2.45, 2.75) is 4.90 Å². The second-order valence-corrected chi connectivity index (χ2v) is 5.62. The van der Waals surface area contributed by atoms with Gasteiger partial charge in [-0.15, -0.1) is 0 Å². The third kappa shape index (κ3) is 2.62. The van der Waals surface area contributed by atoms with Gasteiger partial charge in [0.25, 0.3) is 0 Å². The van der Waals surface area contributed by atoms with Crippen LogP contribution in [0.3, 0.4) is 0 Å². The molecule has 1 rings (SSSR count). The van der Waals surface area contributed by atoms with Crippen molar-refractivity contribution in [3.05, 3.63) is 27.7 Å². The number of hydrogen-bond donors (Lipinski definition) is 1. The molecule has 0 saturated carbocycles. The Balaban J connectivity index is 3.59. The SMILES string of the molecule is CS(=O)(=O)c1cc(C(=O)O)cc(Cl)c1Cl. The fourth-order valence-corrected chi connectivity index (χ4v) is 2.54. The fourth-order valence-electron chi connectivity index (χ4n) is 0.957. The lowest BCUT2D eigenvalue weighted by Crippen LogP contribution is -2.03. The Kier molecular flexibility index (Phi) is 3.28. The van der Waals surface area contributed by atoms with Gasteiger partial charge in [0.1, 0.15) is 0 Å². The number of carboxylic acid groups (broad SMARTS) is 1. The second kappa shape index (κ2) is 4.00. The molecule has 0 spiro atoms. The average molecular weight is 269 g/mol. The Hall–Kier alpha value is -0.780. The number of benzene rings is 1. The van der Waals surface area contributed by atoms with Gasteiger partial charge in [-0.05, 0) is 12.1 Å². The molecule has 0 aliphatic carbocycles. The first-order chi connectivity index (χ1) is 6.73. The molecule has 0 aliphatic rings. The molecule has 7 heteroatoms. The summed E-state index contributed by atoms with van der Waals surface area (Å²) in [6.45, 7) is 0. The normalized spacial score (nSPS) is 11.4. The van der Waals surface area contributed by atoms with Crippen LogP contribution < -0.4 is 0 Å². The molecule has 0 aromatic heterocycles. The van der Waals surface area contributed by atoms with E-state index in [2.05, 4.69) is 0 Å². The van der Waals surface area contributed by atoms with Crippen molar-refractivity contribution in [1.82, 2.24) is 0 Å². The summed E-state index contributed by atoms with van der Waals surface area (Å²) in [4.78, 5) is 10.4. The number of halogens is 2. The van der Waals surface area contributed by atoms with Gasteiger partial charge >= 0.3 is 5.97 Å². The maximum atomic E-state index is 11.2. The first-order valence-electron chi connectivity index (χ1n) is 3.66. The van der Waals surface area contributed by atoms with Crippen molar-refractivity contribution in [3.8, 4) is 0 Å². The van der Waals surface area contributed by atoms with E-state index in [1.807, 2.05) is 0 Å². The lowest BCUT2D eigenvalue weighted by molar-refractivity contribution is 0.0696. The summed E-state index contributed by atoms with van der Waals surface area (Å²) in [6.07, 6.45) is 0.927. The highest BCUT2D eigenvalue weighted by Gasteiger charge is 2.18. The van der Waals surface area contributed by atoms with Gasteiger partial charge in [-0.25, -0.2) is 13.2 Å². The van der Waals surface area contributed by atoms with Crippen molar-refractivity contribution < 1.29 is 18.3 Å². The fraction of sp³-hybridized carbons (Fsp3) is 0.125. The zero-order chi connectivity index (χ0) is 11.8. The van der Waals surface area contributed by atoms with Crippen LogP contribution in [0.15, 0.2) is 17.0 Å². The smallest absolute Gasteiger partial charge is 0.335 e. The molecular formula is C8H6Cl2O4S. The standard InChI is InChI=1S/C8H6Cl2O4S/c1-15(13,14)6-3-4(8(11)12)2-5(9)7(6)10/h2-3H,1H3,(H,11,12). The Morgan fingerprint density at radius 3 is 2.27 bits per heavy atom. The molecule has 82 valence electrons. The minimum absolute atomic E-state index is 0.100. The molecule has 0 heterocycles. The highest BCUT2D eigenvalue weighted by atomic mass is 35.5. The molecule has 0 amide bonds. The summed E-state index contributed by atoms with van der Waals surface area (Å²) in [5.74, 6) is -1.27. The van der Waals surface area contributed by atoms with Crippen LogP contribution in [0.2, 0.25) is 10.0 Å². The van der Waals surface area contributed by atoms with Crippen LogP contribution in [0.5, 0.6) is 0 Å². The first kappa shape index (κ1) is 12.3. The van der Waals surface area contributed by atoms with Crippen molar-refractivity contribution in [1.29, 1.82) is 0 Å². The third-order valence-corrected chi connectivity index (χ3v) is 3.68. The average Bonchev–Trinajstić information content (AvgIpc) is 2.06. The maximum absolute atomic E-state index is 11.2. The minimum atomic E-state index is -3.59. The van der Waals surface area contributed by atoms with E-state index in [1.165, 1.54) is 0 Å². The van der Waals surface area contributed by atoms with Crippen LogP contribution in [0.4, 0.5) is 0 Å². The molecule has 0 radical (unpaired) electrons. The maximum Gasteiger partial charge on any atom is 0.335 e. The summed E-state index contributed by atoms with van der Waals surface area (Å²) < 4.78 is 22.5. The predicted octanol–water partition coefficient (Wildman–Crippen LogP) is 2.10. The van der Waals surface area contributed by atoms with E-state index in [-0.39, 0.29) is 20.5 Å². The number of carbonyl (C=O) groups is 1. The Bertz CT molecular complexity index is 522. The molecule has 0 bridgehead atoms. The number of aromatic carboxylic acids is 1. The van der Waals surface area contributed by atoms with Crippen LogP contribution in [0.1, 0.15) is 10.4 Å². The van der Waals surface area contributed by atoms with Crippen LogP contribution >= 0.6 is 23.2 Å². The first-order valence-corrected chi connectivity index (χ1v) is 6.30. The number of sulfone groups is 1. The van der Waals surface area contributed by atoms with Gasteiger partial charge in [-0.1, -0.05) is 23.2 Å². The molecule has 0 aliphatic heterocycles. The highest BCUT2D eigenvalue weighted by molar-refractivity contribution is 7.90. The zero-order valence-electron chi connectivity index (χ0n) is 7.49. The molecule has 0 atom stereocenters. The van der Waals surface area contributed by atoms with Crippen molar-refractivity contribution in [2.75, 3.05) is 6.26 Å². The quantitative estimate of drug-likeness (QED) is 0.892. The summed E-state index contributed by atoms with van der Waals surface area (Å²) >= 11 is 11.3. The van der Waals surface area contributed by atoms with Crippen LogP contribution in [0.25, 0.3) is 0 Å². The van der Waals surface area contributed by atoms with E-state index < -0.39 is 15.8 Å². The minimum Gasteiger partial charge on any atom is -0.478 e. The molecule has 1 N–H and O–H groups in total. The molecule has 0 saturated heterocycles. The molecule has 0 unspecified atom stereocenters. The Labute approximate surface area is 96.3 Å². The Morgan fingerprint density at radius 1 is 1.33 bits per heavy atom. The number of hydrogen-bond acceptors (Lipinski definition) is 3. The lowest BCUT2D eigenvalue weighted by Gasteiger charge is -2.05. The van der Waals surface area contributed by atoms with Crippen molar-refractivity contribution in [2.24, 2.45) is 0 Å². The monoisotopic (exact) mass is 268 g/mol. The van der Waals surface area contributed by atoms with E-state index in [1.54, 1.807) is 0 Å². The van der Waals surface area contributed by atoms with E-state index >= 15 is 0 Å². The third-order valence-electron chi connectivity index (χ3n) is 1.64. The van der Waals surface area contributed by atoms with E-state index in [0.717, 1.165) is 18.4 Å². The topological polar surface area (TPSA) is 71.4 Å².